The van der Waals surface area contributed by atoms with Crippen LogP contribution in [0.5, 0.6) is 5.75 Å². The molecule has 0 aliphatic rings. The van der Waals surface area contributed by atoms with Crippen molar-refractivity contribution in [2.45, 2.75) is 0 Å². The van der Waals surface area contributed by atoms with Gasteiger partial charge >= 0.3 is 0 Å². The van der Waals surface area contributed by atoms with Gasteiger partial charge in [0.25, 0.3) is 0 Å². The molecule has 1 aromatic carbocycles. The van der Waals surface area contributed by atoms with Gasteiger partial charge in [-0.05, 0) is 24.3 Å². The van der Waals surface area contributed by atoms with E-state index in [-0.39, 0.29) is 0 Å². The van der Waals surface area contributed by atoms with Crippen LogP contribution in [-0.2, 0) is 0 Å². The lowest BCUT2D eigenvalue weighted by atomic mass is 10.1. The van der Waals surface area contributed by atoms with Crippen LogP contribution in [0.15, 0.2) is 42.6 Å². The molecule has 2 nitrogen and oxygen atoms in total. The van der Waals surface area contributed by atoms with Gasteiger partial charge < -0.3 is 4.74 Å². The first kappa shape index (κ1) is 9.99. The molecular formula is C12H10ClNO. The van der Waals surface area contributed by atoms with Gasteiger partial charge in [0.15, 0.2) is 0 Å². The molecular weight excluding hydrogens is 210 g/mol. The van der Waals surface area contributed by atoms with Crippen LogP contribution >= 0.6 is 11.6 Å². The molecule has 0 unspecified atom stereocenters. The topological polar surface area (TPSA) is 22.1 Å². The molecule has 3 heteroatoms. The number of hydrogen-bond donors (Lipinski definition) is 0. The Kier molecular flexibility index (Phi) is 2.88. The van der Waals surface area contributed by atoms with Gasteiger partial charge in [-0.25, -0.2) is 0 Å². The zero-order chi connectivity index (χ0) is 10.7. The highest BCUT2D eigenvalue weighted by molar-refractivity contribution is 6.33. The maximum atomic E-state index is 6.07. The number of aromatic nitrogens is 1. The molecule has 0 N–H and O–H groups in total. The molecule has 0 aliphatic carbocycles. The normalized spacial score (nSPS) is 10.0. The van der Waals surface area contributed by atoms with Crippen molar-refractivity contribution in [3.63, 3.8) is 0 Å². The van der Waals surface area contributed by atoms with Gasteiger partial charge in [0.2, 0.25) is 0 Å². The molecule has 2 rings (SSSR count). The van der Waals surface area contributed by atoms with Gasteiger partial charge in [-0.15, -0.1) is 0 Å². The van der Waals surface area contributed by atoms with Crippen molar-refractivity contribution < 1.29 is 4.74 Å². The summed E-state index contributed by atoms with van der Waals surface area (Å²) in [5.41, 5.74) is 1.65. The number of pyridine rings is 1. The van der Waals surface area contributed by atoms with Crippen LogP contribution in [0.3, 0.4) is 0 Å². The van der Waals surface area contributed by atoms with E-state index in [0.717, 1.165) is 17.0 Å². The minimum absolute atomic E-state index is 0.627. The predicted octanol–water partition coefficient (Wildman–Crippen LogP) is 3.41. The summed E-state index contributed by atoms with van der Waals surface area (Å²) < 4.78 is 5.26. The monoisotopic (exact) mass is 219 g/mol. The summed E-state index contributed by atoms with van der Waals surface area (Å²) >= 11 is 6.07. The third-order valence-electron chi connectivity index (χ3n) is 2.12. The van der Waals surface area contributed by atoms with Crippen molar-refractivity contribution in [3.05, 3.63) is 47.6 Å². The Bertz CT molecular complexity index is 471. The molecule has 0 atom stereocenters. The van der Waals surface area contributed by atoms with E-state index in [1.165, 1.54) is 0 Å². The summed E-state index contributed by atoms with van der Waals surface area (Å²) in [6.07, 6.45) is 1.72. The Morgan fingerprint density at radius 2 is 1.93 bits per heavy atom. The van der Waals surface area contributed by atoms with Crippen molar-refractivity contribution in [1.82, 2.24) is 4.98 Å². The summed E-state index contributed by atoms with van der Waals surface area (Å²) in [5, 5.41) is 0.627. The van der Waals surface area contributed by atoms with Crippen molar-refractivity contribution in [2.24, 2.45) is 0 Å². The lowest BCUT2D eigenvalue weighted by Gasteiger charge is -2.08. The standard InChI is InChI=1S/C12H10ClNO/c1-15-11-7-3-2-5-9(11)12-10(13)6-4-8-14-12/h2-8H,1H3. The predicted molar refractivity (Wildman–Crippen MR) is 61.2 cm³/mol. The SMILES string of the molecule is COc1ccccc1-c1ncccc1Cl. The summed E-state index contributed by atoms with van der Waals surface area (Å²) in [6, 6.07) is 11.3. The molecule has 0 spiro atoms. The summed E-state index contributed by atoms with van der Waals surface area (Å²) in [5.74, 6) is 0.776. The van der Waals surface area contributed by atoms with Crippen LogP contribution in [0.4, 0.5) is 0 Å². The lowest BCUT2D eigenvalue weighted by Crippen LogP contribution is -1.89. The van der Waals surface area contributed by atoms with Gasteiger partial charge in [-0.1, -0.05) is 23.7 Å². The van der Waals surface area contributed by atoms with E-state index in [1.807, 2.05) is 30.3 Å². The first-order chi connectivity index (χ1) is 7.33. The molecule has 15 heavy (non-hydrogen) atoms. The second kappa shape index (κ2) is 4.32. The van der Waals surface area contributed by atoms with E-state index in [2.05, 4.69) is 4.98 Å². The maximum Gasteiger partial charge on any atom is 0.128 e. The Morgan fingerprint density at radius 1 is 1.13 bits per heavy atom. The number of rotatable bonds is 2. The third kappa shape index (κ3) is 1.95. The molecule has 0 amide bonds. The van der Waals surface area contributed by atoms with Crippen LogP contribution in [0, 0.1) is 0 Å². The van der Waals surface area contributed by atoms with Gasteiger partial charge in [0.1, 0.15) is 5.75 Å². The average Bonchev–Trinajstić information content (AvgIpc) is 2.30. The van der Waals surface area contributed by atoms with Crippen molar-refractivity contribution in [2.75, 3.05) is 7.11 Å². The lowest BCUT2D eigenvalue weighted by molar-refractivity contribution is 0.416. The first-order valence-electron chi connectivity index (χ1n) is 4.57. The molecule has 0 radical (unpaired) electrons. The highest BCUT2D eigenvalue weighted by Gasteiger charge is 2.08. The molecule has 0 saturated heterocycles. The molecule has 0 fully saturated rings. The fourth-order valence-electron chi connectivity index (χ4n) is 1.42. The molecule has 0 bridgehead atoms. The van der Waals surface area contributed by atoms with Crippen molar-refractivity contribution >= 4 is 11.6 Å². The molecule has 1 heterocycles. The van der Waals surface area contributed by atoms with Gasteiger partial charge in [0.05, 0.1) is 17.8 Å². The second-order valence-corrected chi connectivity index (χ2v) is 3.44. The zero-order valence-corrected chi connectivity index (χ0v) is 9.03. The van der Waals surface area contributed by atoms with Crippen LogP contribution in [0.2, 0.25) is 5.02 Å². The van der Waals surface area contributed by atoms with Gasteiger partial charge in [-0.3, -0.25) is 4.98 Å². The summed E-state index contributed by atoms with van der Waals surface area (Å²) in [7, 11) is 1.63. The van der Waals surface area contributed by atoms with Crippen LogP contribution in [0.1, 0.15) is 0 Å². The van der Waals surface area contributed by atoms with E-state index >= 15 is 0 Å². The molecule has 0 saturated carbocycles. The number of halogens is 1. The Balaban J connectivity index is 2.59. The molecule has 0 aliphatic heterocycles. The van der Waals surface area contributed by atoms with Crippen LogP contribution in [-0.4, -0.2) is 12.1 Å². The molecule has 1 aromatic heterocycles. The van der Waals surface area contributed by atoms with E-state index in [9.17, 15) is 0 Å². The van der Waals surface area contributed by atoms with E-state index in [0.29, 0.717) is 5.02 Å². The summed E-state index contributed by atoms with van der Waals surface area (Å²) in [4.78, 5) is 4.25. The van der Waals surface area contributed by atoms with Crippen molar-refractivity contribution in [3.8, 4) is 17.0 Å². The number of benzene rings is 1. The Labute approximate surface area is 93.5 Å². The van der Waals surface area contributed by atoms with E-state index < -0.39 is 0 Å². The highest BCUT2D eigenvalue weighted by Crippen LogP contribution is 2.32. The zero-order valence-electron chi connectivity index (χ0n) is 8.27. The third-order valence-corrected chi connectivity index (χ3v) is 2.43. The van der Waals surface area contributed by atoms with Crippen LogP contribution in [0.25, 0.3) is 11.3 Å². The quantitative estimate of drug-likeness (QED) is 0.772. The second-order valence-electron chi connectivity index (χ2n) is 3.03. The van der Waals surface area contributed by atoms with Crippen LogP contribution < -0.4 is 4.74 Å². The number of para-hydroxylation sites is 1. The molecule has 2 aromatic rings. The number of hydrogen-bond acceptors (Lipinski definition) is 2. The maximum absolute atomic E-state index is 6.07. The van der Waals surface area contributed by atoms with Gasteiger partial charge in [-0.2, -0.15) is 0 Å². The summed E-state index contributed by atoms with van der Waals surface area (Å²) in [6.45, 7) is 0. The molecule has 76 valence electrons. The minimum atomic E-state index is 0.627. The first-order valence-corrected chi connectivity index (χ1v) is 4.94. The average molecular weight is 220 g/mol. The Hall–Kier alpha value is -1.54. The van der Waals surface area contributed by atoms with E-state index in [1.54, 1.807) is 19.4 Å². The number of methoxy groups -OCH3 is 1. The minimum Gasteiger partial charge on any atom is -0.496 e. The van der Waals surface area contributed by atoms with Crippen molar-refractivity contribution in [1.29, 1.82) is 0 Å². The fourth-order valence-corrected chi connectivity index (χ4v) is 1.65. The Morgan fingerprint density at radius 3 is 2.67 bits per heavy atom. The highest BCUT2D eigenvalue weighted by atomic mass is 35.5. The van der Waals surface area contributed by atoms with Gasteiger partial charge in [0, 0.05) is 11.8 Å². The fraction of sp³-hybridized carbons (Fsp3) is 0.0833. The smallest absolute Gasteiger partial charge is 0.128 e. The van der Waals surface area contributed by atoms with E-state index in [4.69, 9.17) is 16.3 Å². The number of ether oxygens (including phenoxy) is 1. The largest absolute Gasteiger partial charge is 0.496 e. The number of nitrogens with zero attached hydrogens (tertiary/aromatic N) is 1.